The van der Waals surface area contributed by atoms with Gasteiger partial charge in [-0.05, 0) is 50.2 Å². The van der Waals surface area contributed by atoms with Gasteiger partial charge in [0.2, 0.25) is 0 Å². The SMILES string of the molecule is O=C(c1ccccc1)C1CCN(CCSc2ccc(F)cc2)CC1. The molecule has 0 bridgehead atoms. The van der Waals surface area contributed by atoms with E-state index in [0.717, 1.165) is 48.7 Å². The van der Waals surface area contributed by atoms with Crippen LogP contribution in [0, 0.1) is 11.7 Å². The topological polar surface area (TPSA) is 20.3 Å². The van der Waals surface area contributed by atoms with E-state index < -0.39 is 0 Å². The van der Waals surface area contributed by atoms with Crippen LogP contribution in [0.1, 0.15) is 23.2 Å². The number of piperidine rings is 1. The Hall–Kier alpha value is -1.65. The molecule has 4 heteroatoms. The van der Waals surface area contributed by atoms with E-state index in [1.807, 2.05) is 42.5 Å². The molecule has 0 aromatic heterocycles. The fourth-order valence-electron chi connectivity index (χ4n) is 3.08. The first-order chi connectivity index (χ1) is 11.7. The molecule has 24 heavy (non-hydrogen) atoms. The zero-order chi connectivity index (χ0) is 16.8. The molecule has 0 radical (unpaired) electrons. The molecule has 0 atom stereocenters. The lowest BCUT2D eigenvalue weighted by atomic mass is 9.89. The molecule has 0 aliphatic carbocycles. The van der Waals surface area contributed by atoms with Crippen molar-refractivity contribution < 1.29 is 9.18 Å². The van der Waals surface area contributed by atoms with Crippen LogP contribution in [0.4, 0.5) is 4.39 Å². The lowest BCUT2D eigenvalue weighted by Gasteiger charge is -2.31. The number of carbonyl (C=O) groups is 1. The summed E-state index contributed by atoms with van der Waals surface area (Å²) in [6.45, 7) is 2.97. The van der Waals surface area contributed by atoms with Crippen LogP contribution in [0.15, 0.2) is 59.5 Å². The summed E-state index contributed by atoms with van der Waals surface area (Å²) in [4.78, 5) is 16.0. The maximum absolute atomic E-state index is 12.9. The highest BCUT2D eigenvalue weighted by atomic mass is 32.2. The highest BCUT2D eigenvalue weighted by molar-refractivity contribution is 7.99. The molecule has 0 unspecified atom stereocenters. The predicted octanol–water partition coefficient (Wildman–Crippen LogP) is 4.51. The van der Waals surface area contributed by atoms with Crippen molar-refractivity contribution in [1.29, 1.82) is 0 Å². The zero-order valence-electron chi connectivity index (χ0n) is 13.7. The fourth-order valence-corrected chi connectivity index (χ4v) is 3.99. The van der Waals surface area contributed by atoms with Crippen LogP contribution in [0.3, 0.4) is 0 Å². The molecule has 0 N–H and O–H groups in total. The molecule has 2 nitrogen and oxygen atoms in total. The lowest BCUT2D eigenvalue weighted by molar-refractivity contribution is 0.0845. The monoisotopic (exact) mass is 343 g/mol. The number of thioether (sulfide) groups is 1. The molecule has 1 aliphatic rings. The standard InChI is InChI=1S/C20H22FNOS/c21-18-6-8-19(9-7-18)24-15-14-22-12-10-17(11-13-22)20(23)16-4-2-1-3-5-16/h1-9,17H,10-15H2. The molecule has 1 aliphatic heterocycles. The molecule has 1 fully saturated rings. The smallest absolute Gasteiger partial charge is 0.166 e. The molecule has 1 saturated heterocycles. The number of likely N-dealkylation sites (tertiary alicyclic amines) is 1. The minimum atomic E-state index is -0.190. The number of halogens is 1. The first kappa shape index (κ1) is 17.2. The van der Waals surface area contributed by atoms with Crippen molar-refractivity contribution >= 4 is 17.5 Å². The van der Waals surface area contributed by atoms with Crippen LogP contribution >= 0.6 is 11.8 Å². The van der Waals surface area contributed by atoms with E-state index in [-0.39, 0.29) is 17.5 Å². The molecule has 0 spiro atoms. The molecule has 3 rings (SSSR count). The Kier molecular flexibility index (Phi) is 6.05. The van der Waals surface area contributed by atoms with E-state index >= 15 is 0 Å². The molecule has 2 aromatic rings. The van der Waals surface area contributed by atoms with Crippen molar-refractivity contribution in [2.24, 2.45) is 5.92 Å². The maximum Gasteiger partial charge on any atom is 0.166 e. The second kappa shape index (κ2) is 8.45. The van der Waals surface area contributed by atoms with E-state index in [4.69, 9.17) is 0 Å². The predicted molar refractivity (Wildman–Crippen MR) is 97.1 cm³/mol. The van der Waals surface area contributed by atoms with Crippen molar-refractivity contribution in [2.75, 3.05) is 25.4 Å². The van der Waals surface area contributed by atoms with Crippen LogP contribution in [0.25, 0.3) is 0 Å². The zero-order valence-corrected chi connectivity index (χ0v) is 14.5. The number of carbonyl (C=O) groups excluding carboxylic acids is 1. The number of rotatable bonds is 6. The highest BCUT2D eigenvalue weighted by Crippen LogP contribution is 2.23. The van der Waals surface area contributed by atoms with Crippen molar-refractivity contribution in [2.45, 2.75) is 17.7 Å². The van der Waals surface area contributed by atoms with Gasteiger partial charge in [0.25, 0.3) is 0 Å². The summed E-state index contributed by atoms with van der Waals surface area (Å²) in [5.41, 5.74) is 0.836. The van der Waals surface area contributed by atoms with Gasteiger partial charge in [0.1, 0.15) is 5.82 Å². The normalized spacial score (nSPS) is 16.2. The summed E-state index contributed by atoms with van der Waals surface area (Å²) in [6, 6.07) is 16.3. The summed E-state index contributed by atoms with van der Waals surface area (Å²) in [5.74, 6) is 1.25. The van der Waals surface area contributed by atoms with Crippen molar-refractivity contribution in [3.05, 3.63) is 66.0 Å². The van der Waals surface area contributed by atoms with Gasteiger partial charge in [0.05, 0.1) is 0 Å². The van der Waals surface area contributed by atoms with Crippen LogP contribution in [-0.4, -0.2) is 36.1 Å². The second-order valence-corrected chi connectivity index (χ2v) is 7.32. The molecule has 126 valence electrons. The number of ketones is 1. The van der Waals surface area contributed by atoms with Crippen molar-refractivity contribution in [3.63, 3.8) is 0 Å². The van der Waals surface area contributed by atoms with Gasteiger partial charge in [0.15, 0.2) is 5.78 Å². The molecule has 1 heterocycles. The van der Waals surface area contributed by atoms with Gasteiger partial charge in [-0.25, -0.2) is 4.39 Å². The fraction of sp³-hybridized carbons (Fsp3) is 0.350. The van der Waals surface area contributed by atoms with Gasteiger partial charge in [-0.2, -0.15) is 0 Å². The molecule has 0 saturated carbocycles. The van der Waals surface area contributed by atoms with E-state index in [2.05, 4.69) is 4.90 Å². The van der Waals surface area contributed by atoms with Gasteiger partial charge >= 0.3 is 0 Å². The van der Waals surface area contributed by atoms with Gasteiger partial charge in [-0.1, -0.05) is 30.3 Å². The van der Waals surface area contributed by atoms with E-state index in [1.54, 1.807) is 11.8 Å². The Morgan fingerprint density at radius 1 is 1.04 bits per heavy atom. The first-order valence-electron chi connectivity index (χ1n) is 8.42. The lowest BCUT2D eigenvalue weighted by Crippen LogP contribution is -2.37. The molecule has 0 amide bonds. The van der Waals surface area contributed by atoms with E-state index in [9.17, 15) is 9.18 Å². The number of nitrogens with zero attached hydrogens (tertiary/aromatic N) is 1. The van der Waals surface area contributed by atoms with Crippen LogP contribution in [0.2, 0.25) is 0 Å². The average molecular weight is 343 g/mol. The largest absolute Gasteiger partial charge is 0.302 e. The van der Waals surface area contributed by atoms with Gasteiger partial charge < -0.3 is 4.90 Å². The number of benzene rings is 2. The van der Waals surface area contributed by atoms with Crippen LogP contribution in [-0.2, 0) is 0 Å². The third-order valence-electron chi connectivity index (χ3n) is 4.51. The Morgan fingerprint density at radius 2 is 1.71 bits per heavy atom. The summed E-state index contributed by atoms with van der Waals surface area (Å²) in [6.07, 6.45) is 1.88. The highest BCUT2D eigenvalue weighted by Gasteiger charge is 2.25. The van der Waals surface area contributed by atoms with Gasteiger partial charge in [-0.3, -0.25) is 4.79 Å². The van der Waals surface area contributed by atoms with Gasteiger partial charge in [0, 0.05) is 28.7 Å². The Labute approximate surface area is 147 Å². The Morgan fingerprint density at radius 3 is 2.38 bits per heavy atom. The van der Waals surface area contributed by atoms with Crippen LogP contribution < -0.4 is 0 Å². The Balaban J connectivity index is 1.40. The van der Waals surface area contributed by atoms with E-state index in [0.29, 0.717) is 0 Å². The molecular formula is C20H22FNOS. The summed E-state index contributed by atoms with van der Waals surface area (Å²) in [5, 5.41) is 0. The van der Waals surface area contributed by atoms with E-state index in [1.165, 1.54) is 12.1 Å². The third-order valence-corrected chi connectivity index (χ3v) is 5.50. The first-order valence-corrected chi connectivity index (χ1v) is 9.41. The van der Waals surface area contributed by atoms with Crippen molar-refractivity contribution in [3.8, 4) is 0 Å². The Bertz CT molecular complexity index is 651. The quantitative estimate of drug-likeness (QED) is 0.568. The van der Waals surface area contributed by atoms with Gasteiger partial charge in [-0.15, -0.1) is 11.8 Å². The van der Waals surface area contributed by atoms with Crippen LogP contribution in [0.5, 0.6) is 0 Å². The molecule has 2 aromatic carbocycles. The average Bonchev–Trinajstić information content (AvgIpc) is 2.64. The summed E-state index contributed by atoms with van der Waals surface area (Å²) >= 11 is 1.75. The minimum absolute atomic E-state index is 0.161. The number of Topliss-reactive ketones (excluding diaryl/α,β-unsaturated/α-hetero) is 1. The number of hydrogen-bond acceptors (Lipinski definition) is 3. The summed E-state index contributed by atoms with van der Waals surface area (Å²) in [7, 11) is 0. The number of hydrogen-bond donors (Lipinski definition) is 0. The molecular weight excluding hydrogens is 321 g/mol. The summed E-state index contributed by atoms with van der Waals surface area (Å²) < 4.78 is 12.9. The second-order valence-electron chi connectivity index (χ2n) is 6.15. The minimum Gasteiger partial charge on any atom is -0.302 e. The third kappa shape index (κ3) is 4.68. The van der Waals surface area contributed by atoms with Crippen molar-refractivity contribution in [1.82, 2.24) is 4.90 Å². The maximum atomic E-state index is 12.9.